The Hall–Kier alpha value is -1.43. The Morgan fingerprint density at radius 3 is 2.45 bits per heavy atom. The molecule has 0 aromatic rings. The molecule has 1 saturated carbocycles. The van der Waals surface area contributed by atoms with E-state index in [0.717, 1.165) is 30.6 Å². The lowest BCUT2D eigenvalue weighted by Crippen LogP contribution is -2.54. The van der Waals surface area contributed by atoms with Gasteiger partial charge in [-0.25, -0.2) is 0 Å². The molecule has 0 aromatic heterocycles. The molecular weight excluding hydrogens is 258 g/mol. The predicted molar refractivity (Wildman–Crippen MR) is 73.6 cm³/mol. The third-order valence-electron chi connectivity index (χ3n) is 4.08. The van der Waals surface area contributed by atoms with E-state index in [9.17, 15) is 14.4 Å². The average Bonchev–Trinajstić information content (AvgIpc) is 2.68. The van der Waals surface area contributed by atoms with Crippen LogP contribution in [0, 0.1) is 0 Å². The first kappa shape index (κ1) is 15.0. The average molecular weight is 281 g/mol. The van der Waals surface area contributed by atoms with Crippen molar-refractivity contribution in [2.75, 3.05) is 6.54 Å². The topological polar surface area (TPSA) is 92.5 Å². The molecule has 0 aromatic carbocycles. The van der Waals surface area contributed by atoms with Crippen LogP contribution in [0.5, 0.6) is 0 Å². The van der Waals surface area contributed by atoms with Gasteiger partial charge in [-0.2, -0.15) is 0 Å². The highest BCUT2D eigenvalue weighted by Gasteiger charge is 2.33. The van der Waals surface area contributed by atoms with E-state index in [4.69, 9.17) is 5.73 Å². The number of rotatable bonds is 3. The zero-order chi connectivity index (χ0) is 14.5. The Kier molecular flexibility index (Phi) is 5.11. The summed E-state index contributed by atoms with van der Waals surface area (Å²) in [5.74, 6) is -0.988. The van der Waals surface area contributed by atoms with Gasteiger partial charge in [0.1, 0.15) is 6.54 Å². The van der Waals surface area contributed by atoms with E-state index in [1.54, 1.807) is 0 Å². The Bertz CT molecular complexity index is 389. The van der Waals surface area contributed by atoms with Crippen LogP contribution >= 0.6 is 0 Å². The summed E-state index contributed by atoms with van der Waals surface area (Å²) in [4.78, 5) is 36.5. The summed E-state index contributed by atoms with van der Waals surface area (Å²) in [7, 11) is 0. The molecule has 2 fully saturated rings. The Morgan fingerprint density at radius 1 is 1.15 bits per heavy atom. The van der Waals surface area contributed by atoms with Crippen LogP contribution in [0.15, 0.2) is 0 Å². The lowest BCUT2D eigenvalue weighted by atomic mass is 10.0. The fourth-order valence-electron chi connectivity index (χ4n) is 2.87. The molecule has 1 unspecified atom stereocenters. The molecule has 0 radical (unpaired) electrons. The van der Waals surface area contributed by atoms with Crippen LogP contribution in [-0.2, 0) is 14.4 Å². The fourth-order valence-corrected chi connectivity index (χ4v) is 2.87. The van der Waals surface area contributed by atoms with Crippen molar-refractivity contribution < 1.29 is 14.4 Å². The molecule has 1 atom stereocenters. The maximum atomic E-state index is 12.0. The minimum absolute atomic E-state index is 0.175. The minimum Gasteiger partial charge on any atom is -0.352 e. The van der Waals surface area contributed by atoms with Gasteiger partial charge in [0, 0.05) is 12.5 Å². The van der Waals surface area contributed by atoms with Crippen LogP contribution in [-0.4, -0.2) is 41.2 Å². The third-order valence-corrected chi connectivity index (χ3v) is 4.08. The molecule has 2 aliphatic rings. The molecular formula is C14H23N3O3. The summed E-state index contributed by atoms with van der Waals surface area (Å²) >= 11 is 0. The molecule has 6 nitrogen and oxygen atoms in total. The maximum absolute atomic E-state index is 12.0. The molecule has 3 N–H and O–H groups in total. The summed E-state index contributed by atoms with van der Waals surface area (Å²) in [6.07, 6.45) is 7.24. The van der Waals surface area contributed by atoms with Crippen molar-refractivity contribution in [1.82, 2.24) is 10.2 Å². The van der Waals surface area contributed by atoms with Crippen LogP contribution in [0.2, 0.25) is 0 Å². The van der Waals surface area contributed by atoms with Crippen LogP contribution in [0.4, 0.5) is 0 Å². The van der Waals surface area contributed by atoms with Crippen LogP contribution in [0.1, 0.15) is 51.4 Å². The quantitative estimate of drug-likeness (QED) is 0.575. The van der Waals surface area contributed by atoms with E-state index in [2.05, 4.69) is 5.32 Å². The standard InChI is InChI=1S/C14H23N3O3/c15-11-7-8-13(19)17(14(11)20)9-12(18)16-10-5-3-1-2-4-6-10/h10-11H,1-9,15H2,(H,16,18). The van der Waals surface area contributed by atoms with Gasteiger partial charge in [-0.15, -0.1) is 0 Å². The highest BCUT2D eigenvalue weighted by Crippen LogP contribution is 2.17. The molecule has 0 bridgehead atoms. The van der Waals surface area contributed by atoms with E-state index in [-0.39, 0.29) is 30.8 Å². The Morgan fingerprint density at radius 2 is 1.80 bits per heavy atom. The highest BCUT2D eigenvalue weighted by atomic mass is 16.2. The first-order chi connectivity index (χ1) is 9.58. The molecule has 112 valence electrons. The van der Waals surface area contributed by atoms with Gasteiger partial charge in [0.05, 0.1) is 6.04 Å². The fraction of sp³-hybridized carbons (Fsp3) is 0.786. The van der Waals surface area contributed by atoms with Crippen molar-refractivity contribution in [3.63, 3.8) is 0 Å². The van der Waals surface area contributed by atoms with Crippen molar-refractivity contribution in [3.8, 4) is 0 Å². The van der Waals surface area contributed by atoms with Crippen LogP contribution < -0.4 is 11.1 Å². The van der Waals surface area contributed by atoms with E-state index in [1.165, 1.54) is 12.8 Å². The smallest absolute Gasteiger partial charge is 0.246 e. The number of carbonyl (C=O) groups is 3. The maximum Gasteiger partial charge on any atom is 0.246 e. The normalized spacial score (nSPS) is 25.4. The number of hydrogen-bond acceptors (Lipinski definition) is 4. The van der Waals surface area contributed by atoms with E-state index in [0.29, 0.717) is 6.42 Å². The SMILES string of the molecule is NC1CCC(=O)N(CC(=O)NC2CCCCCC2)C1=O. The van der Waals surface area contributed by atoms with Gasteiger partial charge in [-0.05, 0) is 19.3 Å². The van der Waals surface area contributed by atoms with Gasteiger partial charge in [0.2, 0.25) is 17.7 Å². The third kappa shape index (κ3) is 3.79. The zero-order valence-electron chi connectivity index (χ0n) is 11.8. The van der Waals surface area contributed by atoms with Crippen molar-refractivity contribution in [1.29, 1.82) is 0 Å². The number of hydrogen-bond donors (Lipinski definition) is 2. The van der Waals surface area contributed by atoms with Gasteiger partial charge >= 0.3 is 0 Å². The molecule has 1 aliphatic heterocycles. The molecule has 3 amide bonds. The molecule has 2 rings (SSSR count). The number of nitrogens with two attached hydrogens (primary N) is 1. The summed E-state index contributed by atoms with van der Waals surface area (Å²) in [5, 5.41) is 2.94. The van der Waals surface area contributed by atoms with Gasteiger partial charge in [-0.1, -0.05) is 25.7 Å². The first-order valence-electron chi connectivity index (χ1n) is 7.47. The number of piperidine rings is 1. The zero-order valence-corrected chi connectivity index (χ0v) is 11.8. The summed E-state index contributed by atoms with van der Waals surface area (Å²) < 4.78 is 0. The second kappa shape index (κ2) is 6.83. The summed E-state index contributed by atoms with van der Waals surface area (Å²) in [6.45, 7) is -0.193. The predicted octanol–water partition coefficient (Wildman–Crippen LogP) is 0.302. The van der Waals surface area contributed by atoms with E-state index < -0.39 is 11.9 Å². The number of imide groups is 1. The lowest BCUT2D eigenvalue weighted by Gasteiger charge is -2.28. The Labute approximate surface area is 119 Å². The second-order valence-corrected chi connectivity index (χ2v) is 5.72. The number of nitrogens with zero attached hydrogens (tertiary/aromatic N) is 1. The highest BCUT2D eigenvalue weighted by molar-refractivity contribution is 6.03. The number of likely N-dealkylation sites (tertiary alicyclic amines) is 1. The molecule has 1 aliphatic carbocycles. The minimum atomic E-state index is -0.654. The van der Waals surface area contributed by atoms with Crippen LogP contribution in [0.25, 0.3) is 0 Å². The van der Waals surface area contributed by atoms with Gasteiger partial charge in [0.25, 0.3) is 0 Å². The Balaban J connectivity index is 1.86. The van der Waals surface area contributed by atoms with Crippen molar-refractivity contribution in [2.45, 2.75) is 63.5 Å². The number of carbonyl (C=O) groups excluding carboxylic acids is 3. The number of amides is 3. The summed E-state index contributed by atoms with van der Waals surface area (Å²) in [6, 6.07) is -0.480. The second-order valence-electron chi connectivity index (χ2n) is 5.72. The molecule has 1 heterocycles. The van der Waals surface area contributed by atoms with Crippen molar-refractivity contribution >= 4 is 17.7 Å². The molecule has 0 spiro atoms. The molecule has 1 saturated heterocycles. The molecule has 6 heteroatoms. The van der Waals surface area contributed by atoms with Gasteiger partial charge in [-0.3, -0.25) is 19.3 Å². The van der Waals surface area contributed by atoms with Gasteiger partial charge in [0.15, 0.2) is 0 Å². The van der Waals surface area contributed by atoms with Crippen molar-refractivity contribution in [3.05, 3.63) is 0 Å². The van der Waals surface area contributed by atoms with E-state index in [1.807, 2.05) is 0 Å². The number of nitrogens with one attached hydrogen (secondary N) is 1. The van der Waals surface area contributed by atoms with Gasteiger partial charge < -0.3 is 11.1 Å². The van der Waals surface area contributed by atoms with E-state index >= 15 is 0 Å². The van der Waals surface area contributed by atoms with Crippen LogP contribution in [0.3, 0.4) is 0 Å². The first-order valence-corrected chi connectivity index (χ1v) is 7.47. The van der Waals surface area contributed by atoms with Crippen molar-refractivity contribution in [2.24, 2.45) is 5.73 Å². The monoisotopic (exact) mass is 281 g/mol. The molecule has 20 heavy (non-hydrogen) atoms. The largest absolute Gasteiger partial charge is 0.352 e. The summed E-state index contributed by atoms with van der Waals surface area (Å²) in [5.41, 5.74) is 5.64. The lowest BCUT2D eigenvalue weighted by molar-refractivity contribution is -0.151.